The van der Waals surface area contributed by atoms with Gasteiger partial charge in [0, 0.05) is 17.1 Å². The summed E-state index contributed by atoms with van der Waals surface area (Å²) in [5.74, 6) is 0.393. The Morgan fingerprint density at radius 3 is 2.72 bits per heavy atom. The lowest BCUT2D eigenvalue weighted by molar-refractivity contribution is -0.119. The molecule has 2 heterocycles. The smallest absolute Gasteiger partial charge is 0.338 e. The van der Waals surface area contributed by atoms with E-state index in [9.17, 15) is 9.59 Å². The highest BCUT2D eigenvalue weighted by Gasteiger charge is 2.13. The number of esters is 1. The zero-order valence-electron chi connectivity index (χ0n) is 15.3. The van der Waals surface area contributed by atoms with Crippen LogP contribution in [0.3, 0.4) is 0 Å². The number of carbonyl (C=O) groups excluding carboxylic acids is 2. The molecule has 0 spiro atoms. The molecule has 8 nitrogen and oxygen atoms in total. The quantitative estimate of drug-likeness (QED) is 0.473. The summed E-state index contributed by atoms with van der Waals surface area (Å²) in [4.78, 5) is 35.8. The van der Waals surface area contributed by atoms with E-state index in [0.717, 1.165) is 11.3 Å². The molecular weight excluding hydrogens is 392 g/mol. The Morgan fingerprint density at radius 1 is 1.17 bits per heavy atom. The summed E-state index contributed by atoms with van der Waals surface area (Å²) >= 11 is 1.28. The number of nitrogens with one attached hydrogen (secondary N) is 2. The number of hydrogen-bond acceptors (Lipinski definition) is 7. The van der Waals surface area contributed by atoms with Gasteiger partial charge in [0.05, 0.1) is 23.7 Å². The molecule has 1 amide bonds. The summed E-state index contributed by atoms with van der Waals surface area (Å²) in [5, 5.41) is 4.75. The van der Waals surface area contributed by atoms with Crippen molar-refractivity contribution in [1.29, 1.82) is 0 Å². The molecule has 0 aliphatic carbocycles. The largest absolute Gasteiger partial charge is 0.497 e. The topological polar surface area (TPSA) is 106 Å². The van der Waals surface area contributed by atoms with Gasteiger partial charge in [-0.2, -0.15) is 0 Å². The minimum atomic E-state index is -0.596. The first-order chi connectivity index (χ1) is 14.1. The van der Waals surface area contributed by atoms with Crippen LogP contribution in [-0.2, 0) is 9.53 Å². The number of methoxy groups -OCH3 is 1. The van der Waals surface area contributed by atoms with Gasteiger partial charge in [-0.1, -0.05) is 0 Å². The molecule has 2 aromatic heterocycles. The molecule has 0 fully saturated rings. The van der Waals surface area contributed by atoms with Crippen LogP contribution in [0.1, 0.15) is 10.4 Å². The Balaban J connectivity index is 1.45. The van der Waals surface area contributed by atoms with Crippen LogP contribution >= 0.6 is 11.3 Å². The molecule has 4 aromatic rings. The van der Waals surface area contributed by atoms with Crippen LogP contribution < -0.4 is 10.1 Å². The Morgan fingerprint density at radius 2 is 2.00 bits per heavy atom. The average molecular weight is 408 g/mol. The number of benzene rings is 2. The Hall–Kier alpha value is -3.72. The minimum absolute atomic E-state index is 0.324. The van der Waals surface area contributed by atoms with E-state index in [1.165, 1.54) is 11.3 Å². The summed E-state index contributed by atoms with van der Waals surface area (Å²) in [6.07, 6.45) is 1.58. The molecule has 9 heteroatoms. The number of imidazole rings is 1. The maximum absolute atomic E-state index is 12.3. The van der Waals surface area contributed by atoms with Gasteiger partial charge in [-0.05, 0) is 42.5 Å². The normalized spacial score (nSPS) is 10.7. The number of aromatic nitrogens is 3. The van der Waals surface area contributed by atoms with Crippen LogP contribution in [-0.4, -0.2) is 40.5 Å². The molecule has 0 unspecified atom stereocenters. The van der Waals surface area contributed by atoms with E-state index in [4.69, 9.17) is 9.47 Å². The lowest BCUT2D eigenvalue weighted by Gasteiger charge is -2.04. The third-order valence-corrected chi connectivity index (χ3v) is 4.78. The third kappa shape index (κ3) is 4.25. The summed E-state index contributed by atoms with van der Waals surface area (Å²) in [6.45, 7) is -0.392. The van der Waals surface area contributed by atoms with E-state index in [1.807, 2.05) is 24.3 Å². The van der Waals surface area contributed by atoms with Gasteiger partial charge in [0.2, 0.25) is 0 Å². The molecule has 2 N–H and O–H groups in total. The Bertz CT molecular complexity index is 1150. The van der Waals surface area contributed by atoms with E-state index in [1.54, 1.807) is 36.9 Å². The van der Waals surface area contributed by atoms with Crippen molar-refractivity contribution in [2.75, 3.05) is 19.0 Å². The van der Waals surface area contributed by atoms with Crippen molar-refractivity contribution in [3.05, 3.63) is 59.6 Å². The molecule has 0 bridgehead atoms. The Kier molecular flexibility index (Phi) is 5.21. The molecule has 146 valence electrons. The monoisotopic (exact) mass is 408 g/mol. The van der Waals surface area contributed by atoms with Gasteiger partial charge < -0.3 is 14.5 Å². The number of rotatable bonds is 6. The van der Waals surface area contributed by atoms with Crippen LogP contribution in [0.4, 0.5) is 5.13 Å². The first-order valence-corrected chi connectivity index (χ1v) is 9.51. The zero-order chi connectivity index (χ0) is 20.2. The minimum Gasteiger partial charge on any atom is -0.497 e. The van der Waals surface area contributed by atoms with Gasteiger partial charge in [-0.3, -0.25) is 10.1 Å². The number of thiazole rings is 1. The molecule has 0 atom stereocenters. The SMILES string of the molecule is COc1ccc(-c2nc3ccc(C(=O)OCC(=O)Nc4nccs4)cc3[nH]2)cc1. The number of carbonyl (C=O) groups is 2. The molecule has 0 saturated heterocycles. The number of anilines is 1. The third-order valence-electron chi connectivity index (χ3n) is 4.09. The number of aromatic amines is 1. The van der Waals surface area contributed by atoms with Crippen molar-refractivity contribution >= 4 is 39.4 Å². The number of ether oxygens (including phenoxy) is 2. The average Bonchev–Trinajstić information content (AvgIpc) is 3.41. The second-order valence-corrected chi connectivity index (χ2v) is 6.90. The molecule has 0 aliphatic heterocycles. The number of hydrogen-bond donors (Lipinski definition) is 2. The highest BCUT2D eigenvalue weighted by atomic mass is 32.1. The van der Waals surface area contributed by atoms with Crippen LogP contribution in [0.25, 0.3) is 22.4 Å². The number of amides is 1. The molecule has 29 heavy (non-hydrogen) atoms. The van der Waals surface area contributed by atoms with Crippen molar-refractivity contribution in [3.63, 3.8) is 0 Å². The zero-order valence-corrected chi connectivity index (χ0v) is 16.2. The summed E-state index contributed by atoms with van der Waals surface area (Å²) in [7, 11) is 1.61. The van der Waals surface area contributed by atoms with E-state index in [-0.39, 0.29) is 0 Å². The van der Waals surface area contributed by atoms with Crippen LogP contribution in [0.5, 0.6) is 5.75 Å². The van der Waals surface area contributed by atoms with E-state index in [0.29, 0.717) is 27.6 Å². The maximum Gasteiger partial charge on any atom is 0.338 e. The predicted octanol–water partition coefficient (Wildman–Crippen LogP) is 3.49. The Labute approximate surface area is 169 Å². The van der Waals surface area contributed by atoms with Crippen molar-refractivity contribution in [3.8, 4) is 17.1 Å². The van der Waals surface area contributed by atoms with E-state index >= 15 is 0 Å². The summed E-state index contributed by atoms with van der Waals surface area (Å²) in [6, 6.07) is 12.5. The summed E-state index contributed by atoms with van der Waals surface area (Å²) < 4.78 is 10.2. The predicted molar refractivity (Wildman–Crippen MR) is 109 cm³/mol. The second kappa shape index (κ2) is 8.11. The maximum atomic E-state index is 12.3. The fourth-order valence-electron chi connectivity index (χ4n) is 2.68. The van der Waals surface area contributed by atoms with Crippen molar-refractivity contribution in [1.82, 2.24) is 15.0 Å². The molecule has 2 aromatic carbocycles. The van der Waals surface area contributed by atoms with Crippen LogP contribution in [0, 0.1) is 0 Å². The number of fused-ring (bicyclic) bond motifs is 1. The lowest BCUT2D eigenvalue weighted by atomic mass is 10.2. The van der Waals surface area contributed by atoms with Crippen molar-refractivity contribution < 1.29 is 19.1 Å². The summed E-state index contributed by atoms with van der Waals surface area (Å²) in [5.41, 5.74) is 2.63. The van der Waals surface area contributed by atoms with Gasteiger partial charge in [-0.15, -0.1) is 11.3 Å². The van der Waals surface area contributed by atoms with E-state index < -0.39 is 18.5 Å². The molecule has 0 radical (unpaired) electrons. The standard InChI is InChI=1S/C20H16N4O4S/c1-27-14-5-2-12(3-6-14)18-22-15-7-4-13(10-16(15)23-18)19(26)28-11-17(25)24-20-21-8-9-29-20/h2-10H,11H2,1H3,(H,22,23)(H,21,24,25). The first kappa shape index (κ1) is 18.6. The highest BCUT2D eigenvalue weighted by molar-refractivity contribution is 7.13. The van der Waals surface area contributed by atoms with Gasteiger partial charge in [0.15, 0.2) is 11.7 Å². The van der Waals surface area contributed by atoms with Crippen molar-refractivity contribution in [2.45, 2.75) is 0 Å². The van der Waals surface area contributed by atoms with Gasteiger partial charge in [0.1, 0.15) is 11.6 Å². The van der Waals surface area contributed by atoms with Crippen LogP contribution in [0.15, 0.2) is 54.0 Å². The lowest BCUT2D eigenvalue weighted by Crippen LogP contribution is -2.20. The van der Waals surface area contributed by atoms with Crippen LogP contribution in [0.2, 0.25) is 0 Å². The van der Waals surface area contributed by atoms with Gasteiger partial charge in [-0.25, -0.2) is 14.8 Å². The van der Waals surface area contributed by atoms with Crippen molar-refractivity contribution in [2.24, 2.45) is 0 Å². The molecule has 0 saturated carbocycles. The highest BCUT2D eigenvalue weighted by Crippen LogP contribution is 2.23. The van der Waals surface area contributed by atoms with Gasteiger partial charge in [0.25, 0.3) is 5.91 Å². The van der Waals surface area contributed by atoms with Gasteiger partial charge >= 0.3 is 5.97 Å². The molecular formula is C20H16N4O4S. The fraction of sp³-hybridized carbons (Fsp3) is 0.100. The second-order valence-electron chi connectivity index (χ2n) is 6.01. The number of nitrogens with zero attached hydrogens (tertiary/aromatic N) is 2. The fourth-order valence-corrected chi connectivity index (χ4v) is 3.22. The first-order valence-electron chi connectivity index (χ1n) is 8.63. The molecule has 4 rings (SSSR count). The molecule has 0 aliphatic rings. The number of H-pyrrole nitrogens is 1. The van der Waals surface area contributed by atoms with E-state index in [2.05, 4.69) is 20.3 Å².